The molecule has 25 heavy (non-hydrogen) atoms. The van der Waals surface area contributed by atoms with Crippen LogP contribution in [0.3, 0.4) is 0 Å². The van der Waals surface area contributed by atoms with Crippen molar-refractivity contribution < 1.29 is 31.2 Å². The molecule has 0 N–H and O–H groups in total. The maximum atomic E-state index is 13.6. The van der Waals surface area contributed by atoms with Gasteiger partial charge in [-0.25, -0.2) is 8.42 Å². The van der Waals surface area contributed by atoms with Crippen molar-refractivity contribution in [1.29, 1.82) is 0 Å². The first-order chi connectivity index (χ1) is 11.6. The quantitative estimate of drug-likeness (QED) is 0.563. The number of aryl methyl sites for hydroxylation is 2. The Morgan fingerprint density at radius 3 is 2.56 bits per heavy atom. The molecule has 12 heteroatoms. The Kier molecular flexibility index (Phi) is 3.17. The average Bonchev–Trinajstić information content (AvgIpc) is 3.08. The first-order valence-electron chi connectivity index (χ1n) is 6.80. The van der Waals surface area contributed by atoms with Crippen LogP contribution in [0.5, 0.6) is 11.5 Å². The highest BCUT2D eigenvalue weighted by molar-refractivity contribution is 7.91. The molecule has 0 radical (unpaired) electrons. The predicted octanol–water partition coefficient (Wildman–Crippen LogP) is 1.22. The number of ether oxygens (including phenoxy) is 2. The van der Waals surface area contributed by atoms with E-state index in [-0.39, 0.29) is 33.2 Å². The number of aromatic nitrogens is 1. The topological polar surface area (TPSA) is 103 Å². The van der Waals surface area contributed by atoms with Crippen LogP contribution >= 0.6 is 11.6 Å². The summed E-state index contributed by atoms with van der Waals surface area (Å²) in [6.07, 6.45) is -3.79. The number of halogens is 3. The van der Waals surface area contributed by atoms with Gasteiger partial charge in [0, 0.05) is 6.07 Å². The van der Waals surface area contributed by atoms with E-state index < -0.39 is 32.0 Å². The van der Waals surface area contributed by atoms with E-state index in [0.717, 1.165) is 6.07 Å². The molecule has 3 heterocycles. The molecule has 0 bridgehead atoms. The number of alkyl halides is 3. The molecule has 0 aliphatic carbocycles. The summed E-state index contributed by atoms with van der Waals surface area (Å²) in [5.74, 6) is -1.75. The van der Waals surface area contributed by atoms with E-state index in [1.807, 2.05) is 0 Å². The van der Waals surface area contributed by atoms with Gasteiger partial charge in [0.1, 0.15) is 15.1 Å². The van der Waals surface area contributed by atoms with Crippen molar-refractivity contribution in [3.05, 3.63) is 28.2 Å². The smallest absolute Gasteiger partial charge is 0.438 e. The molecule has 132 valence electrons. The molecule has 1 aromatic heterocycles. The van der Waals surface area contributed by atoms with Gasteiger partial charge in [-0.15, -0.1) is 0 Å². The van der Waals surface area contributed by atoms with Crippen LogP contribution in [-0.4, -0.2) is 25.5 Å². The zero-order chi connectivity index (χ0) is 18.1. The number of benzene rings is 1. The Morgan fingerprint density at radius 1 is 1.20 bits per heavy atom. The lowest BCUT2D eigenvalue weighted by molar-refractivity contribution is 0.0192. The molecule has 8 nitrogen and oxygen atoms in total. The molecule has 0 fully saturated rings. The van der Waals surface area contributed by atoms with E-state index in [4.69, 9.17) is 25.6 Å². The predicted molar refractivity (Wildman–Crippen MR) is 76.0 cm³/mol. The van der Waals surface area contributed by atoms with Crippen LogP contribution in [0, 0.1) is 13.8 Å². The molecule has 1 atom stereocenters. The molecular weight excluding hydrogens is 384 g/mol. The van der Waals surface area contributed by atoms with Gasteiger partial charge >= 0.3 is 11.9 Å². The van der Waals surface area contributed by atoms with Gasteiger partial charge in [-0.05, 0) is 25.4 Å². The molecule has 0 spiro atoms. The van der Waals surface area contributed by atoms with Crippen molar-refractivity contribution in [3.8, 4) is 11.5 Å². The second kappa shape index (κ2) is 4.88. The molecule has 0 saturated heterocycles. The zero-order valence-electron chi connectivity index (χ0n) is 12.6. The molecule has 1 aromatic carbocycles. The molecule has 0 amide bonds. The standard InChI is InChI=1S/C13H8ClF2N3O5S/c1-4-10(5(2)24-19-4)25(20,21)11-8-6(17-13(15,16)18-8)3-7-9(11)23-12(14)22-7/h3,12H,1-2H3. The minimum Gasteiger partial charge on any atom is -0.438 e. The average molecular weight is 392 g/mol. The highest BCUT2D eigenvalue weighted by Gasteiger charge is 2.41. The lowest BCUT2D eigenvalue weighted by atomic mass is 10.3. The molecule has 2 aliphatic rings. The van der Waals surface area contributed by atoms with Crippen LogP contribution in [0.1, 0.15) is 11.5 Å². The number of hydrogen-bond donors (Lipinski definition) is 0. The number of nitrogens with zero attached hydrogens (tertiary/aromatic N) is 3. The van der Waals surface area contributed by atoms with E-state index in [1.165, 1.54) is 13.8 Å². The van der Waals surface area contributed by atoms with Gasteiger partial charge in [0.25, 0.3) is 0 Å². The summed E-state index contributed by atoms with van der Waals surface area (Å²) in [4.78, 5) is 5.34. The Morgan fingerprint density at radius 2 is 1.92 bits per heavy atom. The fourth-order valence-corrected chi connectivity index (χ4v) is 4.75. The molecule has 2 aromatic rings. The fourth-order valence-electron chi connectivity index (χ4n) is 2.72. The molecule has 1 unspecified atom stereocenters. The number of fused-ring (bicyclic) bond motifs is 2. The van der Waals surface area contributed by atoms with Crippen molar-refractivity contribution in [1.82, 2.24) is 5.16 Å². The van der Waals surface area contributed by atoms with Crippen LogP contribution in [0.2, 0.25) is 0 Å². The summed E-state index contributed by atoms with van der Waals surface area (Å²) in [6, 6.07) is 1.10. The van der Waals surface area contributed by atoms with Crippen molar-refractivity contribution in [3.63, 3.8) is 0 Å². The maximum Gasteiger partial charge on any atom is 0.450 e. The molecule has 4 rings (SSSR count). The van der Waals surface area contributed by atoms with Crippen molar-refractivity contribution in [2.24, 2.45) is 9.98 Å². The molecule has 2 aliphatic heterocycles. The van der Waals surface area contributed by atoms with E-state index in [1.54, 1.807) is 0 Å². The lowest BCUT2D eigenvalue weighted by Crippen LogP contribution is -2.29. The van der Waals surface area contributed by atoms with Crippen LogP contribution in [0.15, 0.2) is 30.4 Å². The SMILES string of the molecule is Cc1noc(C)c1S(=O)(=O)c1c2c(cc3c1=NC(F)(F)N=3)OC(Cl)O2. The van der Waals surface area contributed by atoms with E-state index in [2.05, 4.69) is 15.1 Å². The summed E-state index contributed by atoms with van der Waals surface area (Å²) in [5, 5.41) is 2.71. The van der Waals surface area contributed by atoms with Crippen molar-refractivity contribution >= 4 is 21.4 Å². The fraction of sp³-hybridized carbons (Fsp3) is 0.308. The molecule has 0 saturated carbocycles. The number of sulfone groups is 1. The second-order valence-corrected chi connectivity index (χ2v) is 7.48. The van der Waals surface area contributed by atoms with Gasteiger partial charge in [0.2, 0.25) is 9.84 Å². The maximum absolute atomic E-state index is 13.6. The monoisotopic (exact) mass is 391 g/mol. The van der Waals surface area contributed by atoms with Crippen LogP contribution in [0.25, 0.3) is 0 Å². The summed E-state index contributed by atoms with van der Waals surface area (Å²) < 4.78 is 68.6. The largest absolute Gasteiger partial charge is 0.450 e. The van der Waals surface area contributed by atoms with E-state index >= 15 is 0 Å². The Balaban J connectivity index is 2.13. The summed E-state index contributed by atoms with van der Waals surface area (Å²) in [7, 11) is -4.39. The van der Waals surface area contributed by atoms with Crippen LogP contribution in [0.4, 0.5) is 8.78 Å². The van der Waals surface area contributed by atoms with Crippen LogP contribution < -0.4 is 20.2 Å². The van der Waals surface area contributed by atoms with E-state index in [0.29, 0.717) is 0 Å². The van der Waals surface area contributed by atoms with Gasteiger partial charge in [-0.2, -0.15) is 18.8 Å². The van der Waals surface area contributed by atoms with Crippen molar-refractivity contribution in [2.45, 2.75) is 35.6 Å². The Bertz CT molecular complexity index is 1130. The van der Waals surface area contributed by atoms with Gasteiger partial charge in [0.05, 0.1) is 11.1 Å². The summed E-state index contributed by atoms with van der Waals surface area (Å²) in [5.41, 5.74) is 0.0619. The highest BCUT2D eigenvalue weighted by atomic mass is 35.5. The van der Waals surface area contributed by atoms with Crippen molar-refractivity contribution in [2.75, 3.05) is 0 Å². The highest BCUT2D eigenvalue weighted by Crippen LogP contribution is 2.41. The van der Waals surface area contributed by atoms with Gasteiger partial charge in [-0.1, -0.05) is 5.16 Å². The summed E-state index contributed by atoms with van der Waals surface area (Å²) >= 11 is 5.73. The molecular formula is C13H8ClF2N3O5S. The Labute approximate surface area is 143 Å². The zero-order valence-corrected chi connectivity index (χ0v) is 14.2. The van der Waals surface area contributed by atoms with E-state index in [9.17, 15) is 17.2 Å². The minimum atomic E-state index is -4.39. The van der Waals surface area contributed by atoms with Gasteiger partial charge in [0.15, 0.2) is 17.3 Å². The second-order valence-electron chi connectivity index (χ2n) is 5.30. The first kappa shape index (κ1) is 16.2. The third-order valence-electron chi connectivity index (χ3n) is 3.59. The third kappa shape index (κ3) is 2.29. The lowest BCUT2D eigenvalue weighted by Gasteiger charge is -2.07. The van der Waals surface area contributed by atoms with Gasteiger partial charge in [-0.3, -0.25) is 0 Å². The third-order valence-corrected chi connectivity index (χ3v) is 5.81. The Hall–Kier alpha value is -2.27. The van der Waals surface area contributed by atoms with Crippen LogP contribution in [-0.2, 0) is 9.84 Å². The minimum absolute atomic E-state index is 0.00751. The normalized spacial score (nSPS) is 20.1. The first-order valence-corrected chi connectivity index (χ1v) is 8.72. The number of rotatable bonds is 2. The van der Waals surface area contributed by atoms with Gasteiger partial charge < -0.3 is 14.0 Å². The number of hydrogen-bond acceptors (Lipinski definition) is 8. The summed E-state index contributed by atoms with van der Waals surface area (Å²) in [6.45, 7) is 2.79.